The molecule has 2 heterocycles. The summed E-state index contributed by atoms with van der Waals surface area (Å²) < 4.78 is 34.7. The van der Waals surface area contributed by atoms with E-state index in [0.29, 0.717) is 24.9 Å². The molecule has 0 amide bonds. The van der Waals surface area contributed by atoms with E-state index in [1.807, 2.05) is 11.9 Å². The molecule has 0 radical (unpaired) electrons. The monoisotopic (exact) mass is 405 g/mol. The van der Waals surface area contributed by atoms with Crippen LogP contribution in [-0.2, 0) is 25.9 Å². The molecule has 0 aliphatic heterocycles. The molecule has 0 unspecified atom stereocenters. The molecular weight excluding hydrogens is 384 g/mol. The van der Waals surface area contributed by atoms with Gasteiger partial charge in [-0.1, -0.05) is 12.1 Å². The van der Waals surface area contributed by atoms with Crippen LogP contribution in [0.2, 0.25) is 0 Å². The van der Waals surface area contributed by atoms with Gasteiger partial charge < -0.3 is 9.15 Å². The van der Waals surface area contributed by atoms with Gasteiger partial charge in [0, 0.05) is 11.4 Å². The second kappa shape index (κ2) is 8.36. The van der Waals surface area contributed by atoms with Crippen molar-refractivity contribution in [1.29, 1.82) is 0 Å². The molecule has 0 N–H and O–H groups in total. The number of fused-ring (bicyclic) bond motifs is 1. The Morgan fingerprint density at radius 2 is 1.93 bits per heavy atom. The summed E-state index contributed by atoms with van der Waals surface area (Å²) in [7, 11) is 1.94. The van der Waals surface area contributed by atoms with Crippen molar-refractivity contribution in [2.24, 2.45) is 0 Å². The van der Waals surface area contributed by atoms with Crippen molar-refractivity contribution in [1.82, 2.24) is 15.1 Å². The summed E-state index contributed by atoms with van der Waals surface area (Å²) in [5.41, 5.74) is 2.40. The van der Waals surface area contributed by atoms with Crippen LogP contribution in [0.15, 0.2) is 34.7 Å². The van der Waals surface area contributed by atoms with E-state index in [2.05, 4.69) is 21.0 Å². The second-order valence-corrected chi connectivity index (χ2v) is 8.10. The molecule has 5 nitrogen and oxygen atoms in total. The van der Waals surface area contributed by atoms with Gasteiger partial charge in [0.25, 0.3) is 5.89 Å². The van der Waals surface area contributed by atoms with Crippen LogP contribution in [0.3, 0.4) is 0 Å². The van der Waals surface area contributed by atoms with Crippen molar-refractivity contribution in [2.75, 3.05) is 7.05 Å². The zero-order valence-corrected chi connectivity index (χ0v) is 16.3. The molecule has 0 saturated heterocycles. The van der Waals surface area contributed by atoms with Crippen molar-refractivity contribution >= 4 is 11.3 Å². The molecule has 1 aliphatic rings. The van der Waals surface area contributed by atoms with Gasteiger partial charge >= 0.3 is 6.61 Å². The highest BCUT2D eigenvalue weighted by Gasteiger charge is 2.18. The highest BCUT2D eigenvalue weighted by atomic mass is 32.1. The zero-order valence-electron chi connectivity index (χ0n) is 15.5. The number of aromatic nitrogens is 2. The fraction of sp³-hybridized carbons (Fsp3) is 0.400. The lowest BCUT2D eigenvalue weighted by molar-refractivity contribution is -0.0498. The lowest BCUT2D eigenvalue weighted by Gasteiger charge is -2.14. The summed E-state index contributed by atoms with van der Waals surface area (Å²) >= 11 is 1.75. The lowest BCUT2D eigenvalue weighted by Crippen LogP contribution is -2.17. The van der Waals surface area contributed by atoms with Gasteiger partial charge in [0.1, 0.15) is 5.75 Å². The predicted octanol–water partition coefficient (Wildman–Crippen LogP) is 4.91. The highest BCUT2D eigenvalue weighted by molar-refractivity contribution is 7.15. The van der Waals surface area contributed by atoms with E-state index in [4.69, 9.17) is 4.42 Å². The summed E-state index contributed by atoms with van der Waals surface area (Å²) in [5.74, 6) is 1.29. The molecule has 0 atom stereocenters. The van der Waals surface area contributed by atoms with E-state index in [-0.39, 0.29) is 5.75 Å². The molecule has 1 aliphatic carbocycles. The average molecular weight is 405 g/mol. The second-order valence-electron chi connectivity index (χ2n) is 6.96. The number of benzene rings is 1. The number of aryl methyl sites for hydroxylation is 2. The Labute approximate surface area is 166 Å². The first-order chi connectivity index (χ1) is 13.6. The number of alkyl halides is 2. The minimum absolute atomic E-state index is 0.154. The molecular formula is C20H21F2N3O2S. The maximum Gasteiger partial charge on any atom is 0.387 e. The van der Waals surface area contributed by atoms with E-state index in [9.17, 15) is 8.78 Å². The molecule has 0 bridgehead atoms. The van der Waals surface area contributed by atoms with Crippen LogP contribution in [0.1, 0.15) is 34.7 Å². The number of halogens is 2. The molecule has 4 rings (SSSR count). The first kappa shape index (κ1) is 19.0. The van der Waals surface area contributed by atoms with Crippen LogP contribution in [0.5, 0.6) is 5.75 Å². The summed E-state index contributed by atoms with van der Waals surface area (Å²) in [5, 5.41) is 8.38. The largest absolute Gasteiger partial charge is 0.435 e. The van der Waals surface area contributed by atoms with Crippen molar-refractivity contribution in [3.8, 4) is 16.5 Å². The fourth-order valence-electron chi connectivity index (χ4n) is 3.39. The zero-order chi connectivity index (χ0) is 19.5. The third-order valence-corrected chi connectivity index (χ3v) is 5.91. The molecule has 148 valence electrons. The molecule has 28 heavy (non-hydrogen) atoms. The number of hydrogen-bond donors (Lipinski definition) is 0. The van der Waals surface area contributed by atoms with Crippen LogP contribution < -0.4 is 4.74 Å². The van der Waals surface area contributed by atoms with Gasteiger partial charge in [-0.2, -0.15) is 8.78 Å². The third-order valence-electron chi connectivity index (χ3n) is 4.68. The first-order valence-electron chi connectivity index (χ1n) is 9.23. The molecule has 8 heteroatoms. The van der Waals surface area contributed by atoms with Crippen molar-refractivity contribution in [3.05, 3.63) is 52.2 Å². The van der Waals surface area contributed by atoms with Crippen LogP contribution in [0, 0.1) is 0 Å². The molecule has 2 aromatic heterocycles. The lowest BCUT2D eigenvalue weighted by atomic mass is 9.99. The third kappa shape index (κ3) is 4.56. The van der Waals surface area contributed by atoms with E-state index >= 15 is 0 Å². The highest BCUT2D eigenvalue weighted by Crippen LogP contribution is 2.35. The van der Waals surface area contributed by atoms with Crippen LogP contribution >= 0.6 is 11.3 Å². The molecule has 0 saturated carbocycles. The number of ether oxygens (including phenoxy) is 1. The van der Waals surface area contributed by atoms with E-state index in [1.165, 1.54) is 23.3 Å². The smallest absolute Gasteiger partial charge is 0.387 e. The minimum Gasteiger partial charge on any atom is -0.435 e. The molecule has 1 aromatic carbocycles. The molecule has 3 aromatic rings. The topological polar surface area (TPSA) is 51.4 Å². The molecule has 0 spiro atoms. The maximum absolute atomic E-state index is 12.2. The summed E-state index contributed by atoms with van der Waals surface area (Å²) in [4.78, 5) is 4.51. The van der Waals surface area contributed by atoms with Crippen molar-refractivity contribution in [2.45, 2.75) is 45.4 Å². The van der Waals surface area contributed by atoms with Gasteiger partial charge in [-0.25, -0.2) is 0 Å². The SMILES string of the molecule is CN(Cc1ccc(OC(F)F)cc1)Cc1nnc(-c2cc3c(s2)CCCC3)o1. The van der Waals surface area contributed by atoms with E-state index < -0.39 is 6.61 Å². The summed E-state index contributed by atoms with van der Waals surface area (Å²) in [6.45, 7) is -1.68. The Morgan fingerprint density at radius 1 is 1.14 bits per heavy atom. The number of hydrogen-bond acceptors (Lipinski definition) is 6. The predicted molar refractivity (Wildman–Crippen MR) is 102 cm³/mol. The van der Waals surface area contributed by atoms with Gasteiger partial charge in [0.2, 0.25) is 5.89 Å². The van der Waals surface area contributed by atoms with Crippen molar-refractivity contribution < 1.29 is 17.9 Å². The van der Waals surface area contributed by atoms with E-state index in [1.54, 1.807) is 35.6 Å². The van der Waals surface area contributed by atoms with Crippen molar-refractivity contribution in [3.63, 3.8) is 0 Å². The first-order valence-corrected chi connectivity index (χ1v) is 10.0. The Hall–Kier alpha value is -2.32. The molecule has 0 fully saturated rings. The van der Waals surface area contributed by atoms with Gasteiger partial charge in [-0.3, -0.25) is 4.90 Å². The normalized spacial score (nSPS) is 13.9. The van der Waals surface area contributed by atoms with Gasteiger partial charge in [-0.05, 0) is 62.1 Å². The quantitative estimate of drug-likeness (QED) is 0.559. The Balaban J connectivity index is 1.36. The Morgan fingerprint density at radius 3 is 2.68 bits per heavy atom. The van der Waals surface area contributed by atoms with Crippen LogP contribution in [0.25, 0.3) is 10.8 Å². The number of thiophene rings is 1. The Bertz CT molecular complexity index is 900. The average Bonchev–Trinajstić information content (AvgIpc) is 3.29. The summed E-state index contributed by atoms with van der Waals surface area (Å²) in [6.07, 6.45) is 4.78. The van der Waals surface area contributed by atoms with Gasteiger partial charge in [0.15, 0.2) is 0 Å². The number of nitrogens with zero attached hydrogens (tertiary/aromatic N) is 3. The summed E-state index contributed by atoms with van der Waals surface area (Å²) in [6, 6.07) is 8.80. The van der Waals surface area contributed by atoms with Gasteiger partial charge in [0.05, 0.1) is 11.4 Å². The number of rotatable bonds is 7. The van der Waals surface area contributed by atoms with Crippen LogP contribution in [-0.4, -0.2) is 28.8 Å². The Kier molecular flexibility index (Phi) is 5.68. The standard InChI is InChI=1S/C20H21F2N3O2S/c1-25(11-13-6-8-15(9-7-13)26-20(21)22)12-18-23-24-19(27-18)17-10-14-4-2-3-5-16(14)28-17/h6-10,20H,2-5,11-12H2,1H3. The van der Waals surface area contributed by atoms with Crippen LogP contribution in [0.4, 0.5) is 8.78 Å². The fourth-order valence-corrected chi connectivity index (χ4v) is 4.56. The van der Waals surface area contributed by atoms with Gasteiger partial charge in [-0.15, -0.1) is 21.5 Å². The maximum atomic E-state index is 12.2. The minimum atomic E-state index is -2.81. The van der Waals surface area contributed by atoms with E-state index in [0.717, 1.165) is 23.3 Å².